The van der Waals surface area contributed by atoms with Crippen molar-refractivity contribution in [2.45, 2.75) is 39.7 Å². The van der Waals surface area contributed by atoms with Gasteiger partial charge >= 0.3 is 0 Å². The summed E-state index contributed by atoms with van der Waals surface area (Å²) in [5.41, 5.74) is 2.26. The Bertz CT molecular complexity index is 297. The van der Waals surface area contributed by atoms with Gasteiger partial charge in [-0.25, -0.2) is 9.97 Å². The van der Waals surface area contributed by atoms with Gasteiger partial charge in [0.1, 0.15) is 6.33 Å². The van der Waals surface area contributed by atoms with E-state index in [1.54, 1.807) is 6.33 Å². The van der Waals surface area contributed by atoms with Crippen molar-refractivity contribution >= 4 is 0 Å². The van der Waals surface area contributed by atoms with Crippen LogP contribution in [0.15, 0.2) is 12.4 Å². The number of aryl methyl sites for hydroxylation is 1. The lowest BCUT2D eigenvalue weighted by Crippen LogP contribution is -2.33. The Kier molecular flexibility index (Phi) is 4.69. The molecule has 0 spiro atoms. The Morgan fingerprint density at radius 1 is 1.27 bits per heavy atom. The predicted molar refractivity (Wildman–Crippen MR) is 62.8 cm³/mol. The molecule has 1 heterocycles. The van der Waals surface area contributed by atoms with E-state index >= 15 is 0 Å². The van der Waals surface area contributed by atoms with Gasteiger partial charge < -0.3 is 5.32 Å². The second-order valence-corrected chi connectivity index (χ2v) is 4.20. The van der Waals surface area contributed by atoms with E-state index in [-0.39, 0.29) is 0 Å². The van der Waals surface area contributed by atoms with Crippen molar-refractivity contribution in [3.63, 3.8) is 0 Å². The Hall–Kier alpha value is -0.960. The van der Waals surface area contributed by atoms with Crippen molar-refractivity contribution in [3.05, 3.63) is 23.8 Å². The van der Waals surface area contributed by atoms with Crippen molar-refractivity contribution < 1.29 is 0 Å². The summed E-state index contributed by atoms with van der Waals surface area (Å²) in [6.45, 7) is 6.57. The fourth-order valence-corrected chi connectivity index (χ4v) is 1.65. The van der Waals surface area contributed by atoms with Crippen LogP contribution >= 0.6 is 0 Å². The summed E-state index contributed by atoms with van der Waals surface area (Å²) in [5, 5.41) is 3.33. The second kappa shape index (κ2) is 5.81. The Morgan fingerprint density at radius 2 is 1.93 bits per heavy atom. The third-order valence-electron chi connectivity index (χ3n) is 2.75. The molecule has 84 valence electrons. The zero-order valence-corrected chi connectivity index (χ0v) is 10.1. The summed E-state index contributed by atoms with van der Waals surface area (Å²) in [6, 6.07) is 2.59. The Balaban J connectivity index is 2.70. The van der Waals surface area contributed by atoms with Crippen LogP contribution in [0.5, 0.6) is 0 Å². The molecule has 0 saturated heterocycles. The van der Waals surface area contributed by atoms with E-state index in [4.69, 9.17) is 0 Å². The lowest BCUT2D eigenvalue weighted by Gasteiger charge is -2.19. The van der Waals surface area contributed by atoms with E-state index < -0.39 is 0 Å². The standard InChI is InChI=1S/C12H21N3/c1-5-10-6-11(15-8-14-10)7-12(13-4)9(2)3/h6,8-9,12-13H,5,7H2,1-4H3. The molecule has 1 atom stereocenters. The lowest BCUT2D eigenvalue weighted by atomic mass is 9.99. The first-order chi connectivity index (χ1) is 7.17. The van der Waals surface area contributed by atoms with E-state index in [1.807, 2.05) is 7.05 Å². The minimum Gasteiger partial charge on any atom is -0.316 e. The monoisotopic (exact) mass is 207 g/mol. The fourth-order valence-electron chi connectivity index (χ4n) is 1.65. The minimum absolute atomic E-state index is 0.490. The van der Waals surface area contributed by atoms with Gasteiger partial charge in [0, 0.05) is 23.9 Å². The van der Waals surface area contributed by atoms with Gasteiger partial charge in [0.25, 0.3) is 0 Å². The lowest BCUT2D eigenvalue weighted by molar-refractivity contribution is 0.421. The highest BCUT2D eigenvalue weighted by atomic mass is 14.9. The van der Waals surface area contributed by atoms with Crippen LogP contribution in [0.25, 0.3) is 0 Å². The molecule has 15 heavy (non-hydrogen) atoms. The number of aromatic nitrogens is 2. The molecule has 0 radical (unpaired) electrons. The first-order valence-electron chi connectivity index (χ1n) is 5.64. The molecule has 0 fully saturated rings. The average molecular weight is 207 g/mol. The van der Waals surface area contributed by atoms with E-state index in [9.17, 15) is 0 Å². The molecule has 1 aromatic rings. The van der Waals surface area contributed by atoms with Gasteiger partial charge in [-0.3, -0.25) is 0 Å². The van der Waals surface area contributed by atoms with Crippen LogP contribution in [-0.2, 0) is 12.8 Å². The van der Waals surface area contributed by atoms with Crippen LogP contribution in [0, 0.1) is 5.92 Å². The van der Waals surface area contributed by atoms with Crippen molar-refractivity contribution in [1.29, 1.82) is 0 Å². The first kappa shape index (κ1) is 12.1. The van der Waals surface area contributed by atoms with Gasteiger partial charge in [-0.15, -0.1) is 0 Å². The van der Waals surface area contributed by atoms with E-state index in [2.05, 4.69) is 42.1 Å². The highest BCUT2D eigenvalue weighted by molar-refractivity contribution is 5.09. The smallest absolute Gasteiger partial charge is 0.115 e. The van der Waals surface area contributed by atoms with Crippen LogP contribution in [0.4, 0.5) is 0 Å². The average Bonchev–Trinajstić information content (AvgIpc) is 2.25. The Labute approximate surface area is 92.3 Å². The SMILES string of the molecule is CCc1cc(CC(NC)C(C)C)ncn1. The molecule has 0 amide bonds. The van der Waals surface area contributed by atoms with Crippen LogP contribution in [0.2, 0.25) is 0 Å². The van der Waals surface area contributed by atoms with Crippen LogP contribution in [0.1, 0.15) is 32.2 Å². The topological polar surface area (TPSA) is 37.8 Å². The van der Waals surface area contributed by atoms with Crippen LogP contribution in [-0.4, -0.2) is 23.1 Å². The molecule has 1 N–H and O–H groups in total. The number of hydrogen-bond donors (Lipinski definition) is 1. The maximum atomic E-state index is 4.31. The molecule has 1 aromatic heterocycles. The first-order valence-corrected chi connectivity index (χ1v) is 5.64. The molecule has 0 aliphatic rings. The predicted octanol–water partition coefficient (Wildman–Crippen LogP) is 1.83. The fraction of sp³-hybridized carbons (Fsp3) is 0.667. The largest absolute Gasteiger partial charge is 0.316 e. The highest BCUT2D eigenvalue weighted by Crippen LogP contribution is 2.08. The molecule has 0 aliphatic carbocycles. The van der Waals surface area contributed by atoms with Crippen molar-refractivity contribution in [2.75, 3.05) is 7.05 Å². The van der Waals surface area contributed by atoms with Gasteiger partial charge in [0.2, 0.25) is 0 Å². The molecule has 0 aromatic carbocycles. The zero-order valence-electron chi connectivity index (χ0n) is 10.1. The molecule has 3 nitrogen and oxygen atoms in total. The third kappa shape index (κ3) is 3.59. The van der Waals surface area contributed by atoms with Gasteiger partial charge in [0.15, 0.2) is 0 Å². The molecular formula is C12H21N3. The summed E-state index contributed by atoms with van der Waals surface area (Å²) in [4.78, 5) is 8.51. The zero-order chi connectivity index (χ0) is 11.3. The van der Waals surface area contributed by atoms with Crippen LogP contribution in [0.3, 0.4) is 0 Å². The minimum atomic E-state index is 0.490. The third-order valence-corrected chi connectivity index (χ3v) is 2.75. The maximum Gasteiger partial charge on any atom is 0.115 e. The summed E-state index contributed by atoms with van der Waals surface area (Å²) < 4.78 is 0. The maximum absolute atomic E-state index is 4.31. The summed E-state index contributed by atoms with van der Waals surface area (Å²) in [5.74, 6) is 0.620. The molecule has 1 unspecified atom stereocenters. The van der Waals surface area contributed by atoms with Gasteiger partial charge in [-0.2, -0.15) is 0 Å². The van der Waals surface area contributed by atoms with Crippen LogP contribution < -0.4 is 5.32 Å². The number of rotatable bonds is 5. The number of nitrogens with zero attached hydrogens (tertiary/aromatic N) is 2. The Morgan fingerprint density at radius 3 is 2.47 bits per heavy atom. The van der Waals surface area contributed by atoms with Gasteiger partial charge in [-0.05, 0) is 25.5 Å². The number of likely N-dealkylation sites (N-methyl/N-ethyl adjacent to an activating group) is 1. The van der Waals surface area contributed by atoms with E-state index in [1.165, 1.54) is 0 Å². The number of nitrogens with one attached hydrogen (secondary N) is 1. The van der Waals surface area contributed by atoms with Crippen molar-refractivity contribution in [2.24, 2.45) is 5.92 Å². The molecule has 3 heteroatoms. The molecule has 0 aliphatic heterocycles. The van der Waals surface area contributed by atoms with E-state index in [0.29, 0.717) is 12.0 Å². The highest BCUT2D eigenvalue weighted by Gasteiger charge is 2.12. The van der Waals surface area contributed by atoms with E-state index in [0.717, 1.165) is 24.2 Å². The number of hydrogen-bond acceptors (Lipinski definition) is 3. The summed E-state index contributed by atoms with van der Waals surface area (Å²) >= 11 is 0. The second-order valence-electron chi connectivity index (χ2n) is 4.20. The summed E-state index contributed by atoms with van der Waals surface area (Å²) in [7, 11) is 2.01. The molecular weight excluding hydrogens is 186 g/mol. The summed E-state index contributed by atoms with van der Waals surface area (Å²) in [6.07, 6.45) is 3.62. The van der Waals surface area contributed by atoms with Gasteiger partial charge in [0.05, 0.1) is 0 Å². The normalized spacial score (nSPS) is 13.1. The molecule has 0 saturated carbocycles. The van der Waals surface area contributed by atoms with Gasteiger partial charge in [-0.1, -0.05) is 20.8 Å². The van der Waals surface area contributed by atoms with Crippen molar-refractivity contribution in [1.82, 2.24) is 15.3 Å². The molecule has 0 bridgehead atoms. The molecule has 1 rings (SSSR count). The van der Waals surface area contributed by atoms with Crippen molar-refractivity contribution in [3.8, 4) is 0 Å². The quantitative estimate of drug-likeness (QED) is 0.800.